The van der Waals surface area contributed by atoms with Crippen molar-refractivity contribution in [1.29, 1.82) is 5.26 Å². The van der Waals surface area contributed by atoms with Crippen LogP contribution in [0.4, 0.5) is 0 Å². The number of benzene rings is 1. The Balaban J connectivity index is 2.35. The molecule has 2 aromatic rings. The Morgan fingerprint density at radius 1 is 1.04 bits per heavy atom. The molecule has 0 saturated heterocycles. The van der Waals surface area contributed by atoms with Gasteiger partial charge in [0, 0.05) is 11.8 Å². The van der Waals surface area contributed by atoms with Crippen LogP contribution < -0.4 is 9.47 Å². The maximum absolute atomic E-state index is 9.60. The lowest BCUT2D eigenvalue weighted by atomic mass is 10.1. The maximum Gasteiger partial charge on any atom is 0.241 e. The minimum Gasteiger partial charge on any atom is -0.492 e. The van der Waals surface area contributed by atoms with Crippen molar-refractivity contribution in [2.45, 2.75) is 53.9 Å². The van der Waals surface area contributed by atoms with Crippen LogP contribution in [-0.4, -0.2) is 11.6 Å². The fourth-order valence-electron chi connectivity index (χ4n) is 2.86. The summed E-state index contributed by atoms with van der Waals surface area (Å²) in [5, 5.41) is 9.60. The lowest BCUT2D eigenvalue weighted by Gasteiger charge is -2.15. The van der Waals surface area contributed by atoms with E-state index in [2.05, 4.69) is 37.0 Å². The highest BCUT2D eigenvalue weighted by atomic mass is 16.5. The highest BCUT2D eigenvalue weighted by Gasteiger charge is 2.17. The Hall–Kier alpha value is -2.54. The van der Waals surface area contributed by atoms with E-state index in [9.17, 15) is 5.26 Å². The van der Waals surface area contributed by atoms with E-state index >= 15 is 0 Å². The highest BCUT2D eigenvalue weighted by molar-refractivity contribution is 5.53. The summed E-state index contributed by atoms with van der Waals surface area (Å²) in [4.78, 5) is 4.42. The zero-order valence-corrected chi connectivity index (χ0v) is 15.8. The summed E-state index contributed by atoms with van der Waals surface area (Å²) in [5.41, 5.74) is 4.34. The number of unbranched alkanes of at least 4 members (excludes halogenated alkanes) is 2. The van der Waals surface area contributed by atoms with E-state index in [-0.39, 0.29) is 0 Å². The summed E-state index contributed by atoms with van der Waals surface area (Å²) in [6, 6.07) is 8.11. The summed E-state index contributed by atoms with van der Waals surface area (Å²) in [7, 11) is 0. The second-order valence-electron chi connectivity index (χ2n) is 6.44. The van der Waals surface area contributed by atoms with Crippen LogP contribution in [0, 0.1) is 39.0 Å². The second-order valence-corrected chi connectivity index (χ2v) is 6.44. The van der Waals surface area contributed by atoms with Crippen molar-refractivity contribution < 1.29 is 9.47 Å². The third-order valence-electron chi connectivity index (χ3n) is 4.00. The van der Waals surface area contributed by atoms with Gasteiger partial charge in [0.1, 0.15) is 17.6 Å². The average molecular weight is 338 g/mol. The first-order valence-corrected chi connectivity index (χ1v) is 8.76. The van der Waals surface area contributed by atoms with Gasteiger partial charge < -0.3 is 9.47 Å². The quantitative estimate of drug-likeness (QED) is 0.621. The normalized spacial score (nSPS) is 10.4. The molecule has 0 N–H and O–H groups in total. The lowest BCUT2D eigenvalue weighted by Crippen LogP contribution is -2.03. The van der Waals surface area contributed by atoms with Crippen molar-refractivity contribution in [1.82, 2.24) is 4.98 Å². The van der Waals surface area contributed by atoms with E-state index in [0.29, 0.717) is 23.8 Å². The van der Waals surface area contributed by atoms with Crippen molar-refractivity contribution in [3.8, 4) is 23.4 Å². The molecule has 4 heteroatoms. The van der Waals surface area contributed by atoms with Gasteiger partial charge in [0.05, 0.1) is 6.61 Å². The molecule has 0 spiro atoms. The van der Waals surface area contributed by atoms with Gasteiger partial charge in [-0.2, -0.15) is 5.26 Å². The number of pyridine rings is 1. The Morgan fingerprint density at radius 2 is 1.72 bits per heavy atom. The Kier molecular flexibility index (Phi) is 6.41. The molecule has 0 saturated carbocycles. The molecule has 0 amide bonds. The van der Waals surface area contributed by atoms with Crippen LogP contribution >= 0.6 is 0 Å². The molecule has 0 fully saturated rings. The predicted molar refractivity (Wildman–Crippen MR) is 99.4 cm³/mol. The molecular weight excluding hydrogens is 312 g/mol. The molecular formula is C21H26N2O2. The zero-order chi connectivity index (χ0) is 18.4. The summed E-state index contributed by atoms with van der Waals surface area (Å²) in [5.74, 6) is 1.60. The van der Waals surface area contributed by atoms with Crippen LogP contribution in [0.1, 0.15) is 54.1 Å². The van der Waals surface area contributed by atoms with Crippen LogP contribution in [-0.2, 0) is 0 Å². The summed E-state index contributed by atoms with van der Waals surface area (Å²) in [6.45, 7) is 10.7. The van der Waals surface area contributed by atoms with Gasteiger partial charge in [-0.05, 0) is 45.2 Å². The Bertz CT molecular complexity index is 768. The van der Waals surface area contributed by atoms with Crippen LogP contribution in [0.3, 0.4) is 0 Å². The molecule has 25 heavy (non-hydrogen) atoms. The van der Waals surface area contributed by atoms with Crippen molar-refractivity contribution in [3.63, 3.8) is 0 Å². The van der Waals surface area contributed by atoms with Crippen LogP contribution in [0.2, 0.25) is 0 Å². The predicted octanol–water partition coefficient (Wildman–Crippen LogP) is 5.55. The number of nitriles is 1. The molecule has 0 radical (unpaired) electrons. The van der Waals surface area contributed by atoms with Crippen molar-refractivity contribution >= 4 is 0 Å². The van der Waals surface area contributed by atoms with Gasteiger partial charge in [-0.1, -0.05) is 37.5 Å². The third kappa shape index (κ3) is 4.73. The smallest absolute Gasteiger partial charge is 0.241 e. The fourth-order valence-corrected chi connectivity index (χ4v) is 2.86. The molecule has 132 valence electrons. The first-order valence-electron chi connectivity index (χ1n) is 8.76. The largest absolute Gasteiger partial charge is 0.492 e. The van der Waals surface area contributed by atoms with Crippen molar-refractivity contribution in [2.75, 3.05) is 6.61 Å². The van der Waals surface area contributed by atoms with Crippen molar-refractivity contribution in [2.24, 2.45) is 0 Å². The van der Waals surface area contributed by atoms with Crippen LogP contribution in [0.15, 0.2) is 18.2 Å². The second kappa shape index (κ2) is 8.53. The number of aromatic nitrogens is 1. The number of hydrogen-bond donors (Lipinski definition) is 0. The van der Waals surface area contributed by atoms with E-state index in [1.165, 1.54) is 5.56 Å². The minimum atomic E-state index is 0.308. The van der Waals surface area contributed by atoms with Crippen LogP contribution in [0.25, 0.3) is 0 Å². The molecule has 1 aromatic carbocycles. The van der Waals surface area contributed by atoms with Gasteiger partial charge in [0.15, 0.2) is 5.56 Å². The SMILES string of the molecule is CCCCCOc1cc(C)nc(Oc2c(C)cc(C)cc2C)c1C#N. The monoisotopic (exact) mass is 338 g/mol. The molecule has 0 unspecified atom stereocenters. The van der Waals surface area contributed by atoms with Gasteiger partial charge in [-0.25, -0.2) is 4.98 Å². The average Bonchev–Trinajstić information content (AvgIpc) is 2.54. The third-order valence-corrected chi connectivity index (χ3v) is 4.00. The van der Waals surface area contributed by atoms with Gasteiger partial charge in [-0.15, -0.1) is 0 Å². The van der Waals surface area contributed by atoms with E-state index < -0.39 is 0 Å². The fraction of sp³-hybridized carbons (Fsp3) is 0.429. The molecule has 0 aliphatic rings. The highest BCUT2D eigenvalue weighted by Crippen LogP contribution is 2.34. The first-order chi connectivity index (χ1) is 12.0. The Labute approximate surface area is 150 Å². The lowest BCUT2D eigenvalue weighted by molar-refractivity contribution is 0.302. The number of hydrogen-bond acceptors (Lipinski definition) is 4. The Morgan fingerprint density at radius 3 is 2.32 bits per heavy atom. The molecule has 2 rings (SSSR count). The number of nitrogens with zero attached hydrogens (tertiary/aromatic N) is 2. The van der Waals surface area contributed by atoms with Gasteiger partial charge in [-0.3, -0.25) is 0 Å². The minimum absolute atomic E-state index is 0.308. The molecule has 0 aliphatic heterocycles. The molecule has 1 aromatic heterocycles. The summed E-state index contributed by atoms with van der Waals surface area (Å²) in [6.07, 6.45) is 3.20. The zero-order valence-electron chi connectivity index (χ0n) is 15.8. The molecule has 0 bridgehead atoms. The van der Waals surface area contributed by atoms with Gasteiger partial charge in [0.2, 0.25) is 5.88 Å². The first kappa shape index (κ1) is 18.8. The van der Waals surface area contributed by atoms with Gasteiger partial charge >= 0.3 is 0 Å². The van der Waals surface area contributed by atoms with E-state index in [1.807, 2.05) is 20.8 Å². The van der Waals surface area contributed by atoms with E-state index in [0.717, 1.165) is 41.8 Å². The molecule has 1 heterocycles. The van der Waals surface area contributed by atoms with E-state index in [1.54, 1.807) is 6.07 Å². The van der Waals surface area contributed by atoms with Crippen LogP contribution in [0.5, 0.6) is 17.4 Å². The number of aryl methyl sites for hydroxylation is 4. The maximum atomic E-state index is 9.60. The van der Waals surface area contributed by atoms with E-state index in [4.69, 9.17) is 9.47 Å². The molecule has 0 aliphatic carbocycles. The van der Waals surface area contributed by atoms with Gasteiger partial charge in [0.25, 0.3) is 0 Å². The standard InChI is InChI=1S/C21H26N2O2/c1-6-7-8-9-24-19-12-17(5)23-21(18(19)13-22)25-20-15(3)10-14(2)11-16(20)4/h10-12H,6-9H2,1-5H3. The number of rotatable bonds is 7. The van der Waals surface area contributed by atoms with Crippen molar-refractivity contribution in [3.05, 3.63) is 46.1 Å². The summed E-state index contributed by atoms with van der Waals surface area (Å²) < 4.78 is 11.9. The molecule has 0 atom stereocenters. The summed E-state index contributed by atoms with van der Waals surface area (Å²) >= 11 is 0. The topological polar surface area (TPSA) is 55.1 Å². The molecule has 4 nitrogen and oxygen atoms in total. The number of ether oxygens (including phenoxy) is 2.